The van der Waals surface area contributed by atoms with Gasteiger partial charge < -0.3 is 15.3 Å². The Bertz CT molecular complexity index is 1160. The second-order valence-electron chi connectivity index (χ2n) is 7.12. The number of halogens is 1. The summed E-state index contributed by atoms with van der Waals surface area (Å²) < 4.78 is 0. The lowest BCUT2D eigenvalue weighted by Crippen LogP contribution is -2.22. The van der Waals surface area contributed by atoms with Crippen molar-refractivity contribution >= 4 is 41.0 Å². The van der Waals surface area contributed by atoms with Gasteiger partial charge in [-0.2, -0.15) is 5.10 Å². The van der Waals surface area contributed by atoms with Crippen LogP contribution in [0.2, 0.25) is 5.02 Å². The molecule has 0 bridgehead atoms. The van der Waals surface area contributed by atoms with Gasteiger partial charge in [0, 0.05) is 41.0 Å². The summed E-state index contributed by atoms with van der Waals surface area (Å²) in [5.74, 6) is -0.806. The molecule has 0 fully saturated rings. The smallest absolute Gasteiger partial charge is 0.273 e. The molecule has 0 aliphatic carbocycles. The highest BCUT2D eigenvalue weighted by atomic mass is 35.5. The summed E-state index contributed by atoms with van der Waals surface area (Å²) in [5.41, 5.74) is 4.82. The molecule has 0 aromatic heterocycles. The van der Waals surface area contributed by atoms with E-state index in [4.69, 9.17) is 11.6 Å². The minimum Gasteiger partial charge on any atom is -0.507 e. The van der Waals surface area contributed by atoms with Crippen LogP contribution in [0.25, 0.3) is 0 Å². The number of hydrogen-bond acceptors (Lipinski definition) is 5. The Labute approximate surface area is 197 Å². The fraction of sp³-hybridized carbons (Fsp3) is 0.160. The topological polar surface area (TPSA) is 94.0 Å². The third kappa shape index (κ3) is 6.11. The third-order valence-corrected chi connectivity index (χ3v) is 5.29. The van der Waals surface area contributed by atoms with E-state index in [2.05, 4.69) is 20.7 Å². The molecule has 8 heteroatoms. The van der Waals surface area contributed by atoms with Gasteiger partial charge >= 0.3 is 0 Å². The van der Waals surface area contributed by atoms with E-state index in [1.54, 1.807) is 60.7 Å². The van der Waals surface area contributed by atoms with Crippen molar-refractivity contribution in [1.82, 2.24) is 5.43 Å². The van der Waals surface area contributed by atoms with Gasteiger partial charge in [-0.25, -0.2) is 5.43 Å². The Balaban J connectivity index is 1.69. The second-order valence-corrected chi connectivity index (χ2v) is 7.56. The van der Waals surface area contributed by atoms with Gasteiger partial charge in [0.05, 0.1) is 17.5 Å². The third-order valence-electron chi connectivity index (χ3n) is 5.04. The van der Waals surface area contributed by atoms with Crippen LogP contribution in [-0.2, 0) is 0 Å². The molecule has 7 nitrogen and oxygen atoms in total. The number of benzene rings is 3. The Hall–Kier alpha value is -3.84. The number of anilines is 2. The summed E-state index contributed by atoms with van der Waals surface area (Å²) in [5, 5.41) is 17.5. The molecule has 170 valence electrons. The quantitative estimate of drug-likeness (QED) is 0.326. The standard InChI is InChI=1S/C25H25ClN4O3/c1-3-30(4-2)20-14-11-18(23(31)15-20)16-27-29-25(33)21-7-5-6-8-22(21)28-24(32)17-9-12-19(26)13-10-17/h5-16,31H,3-4H2,1-2H3,(H,28,32)(H,29,33). The van der Waals surface area contributed by atoms with Crippen LogP contribution < -0.4 is 15.6 Å². The summed E-state index contributed by atoms with van der Waals surface area (Å²) in [4.78, 5) is 27.3. The highest BCUT2D eigenvalue weighted by Crippen LogP contribution is 2.23. The molecule has 0 aliphatic rings. The summed E-state index contributed by atoms with van der Waals surface area (Å²) >= 11 is 5.86. The number of rotatable bonds is 8. The Morgan fingerprint density at radius 1 is 1.00 bits per heavy atom. The van der Waals surface area contributed by atoms with Crippen LogP contribution in [0.5, 0.6) is 5.75 Å². The maximum Gasteiger partial charge on any atom is 0.273 e. The highest BCUT2D eigenvalue weighted by molar-refractivity contribution is 6.30. The molecule has 0 atom stereocenters. The monoisotopic (exact) mass is 464 g/mol. The number of aromatic hydroxyl groups is 1. The van der Waals surface area contributed by atoms with Gasteiger partial charge in [0.1, 0.15) is 5.75 Å². The summed E-state index contributed by atoms with van der Waals surface area (Å²) in [6, 6.07) is 18.3. The molecule has 3 rings (SSSR count). The number of phenols is 1. The molecule has 0 unspecified atom stereocenters. The number of carbonyl (C=O) groups excluding carboxylic acids is 2. The average Bonchev–Trinajstić information content (AvgIpc) is 2.82. The molecule has 33 heavy (non-hydrogen) atoms. The highest BCUT2D eigenvalue weighted by Gasteiger charge is 2.14. The number of nitrogens with zero attached hydrogens (tertiary/aromatic N) is 2. The van der Waals surface area contributed by atoms with Gasteiger partial charge in [-0.1, -0.05) is 23.7 Å². The van der Waals surface area contributed by atoms with E-state index in [9.17, 15) is 14.7 Å². The molecule has 0 radical (unpaired) electrons. The molecule has 0 spiro atoms. The molecule has 2 amide bonds. The van der Waals surface area contributed by atoms with Crippen LogP contribution in [0, 0.1) is 0 Å². The lowest BCUT2D eigenvalue weighted by Gasteiger charge is -2.21. The first-order chi connectivity index (χ1) is 15.9. The van der Waals surface area contributed by atoms with Crippen molar-refractivity contribution < 1.29 is 14.7 Å². The Morgan fingerprint density at radius 3 is 2.36 bits per heavy atom. The van der Waals surface area contributed by atoms with E-state index in [0.29, 0.717) is 21.8 Å². The lowest BCUT2D eigenvalue weighted by atomic mass is 10.1. The second kappa shape index (κ2) is 11.2. The van der Waals surface area contributed by atoms with Gasteiger partial charge in [-0.05, 0) is 62.4 Å². The lowest BCUT2D eigenvalue weighted by molar-refractivity contribution is 0.0956. The van der Waals surface area contributed by atoms with Crippen LogP contribution in [0.15, 0.2) is 71.8 Å². The van der Waals surface area contributed by atoms with Gasteiger partial charge in [-0.15, -0.1) is 0 Å². The first-order valence-electron chi connectivity index (χ1n) is 10.5. The minimum absolute atomic E-state index is 0.0630. The van der Waals surface area contributed by atoms with Crippen LogP contribution in [0.1, 0.15) is 40.1 Å². The van der Waals surface area contributed by atoms with Gasteiger partial charge in [-0.3, -0.25) is 9.59 Å². The van der Waals surface area contributed by atoms with E-state index in [0.717, 1.165) is 18.8 Å². The Morgan fingerprint density at radius 2 is 1.70 bits per heavy atom. The molecule has 3 aromatic rings. The number of hydrogen-bond donors (Lipinski definition) is 3. The molecule has 0 saturated carbocycles. The molecule has 0 aliphatic heterocycles. The number of carbonyl (C=O) groups is 2. The fourth-order valence-corrected chi connectivity index (χ4v) is 3.36. The molecule has 3 aromatic carbocycles. The van der Waals surface area contributed by atoms with Gasteiger partial charge in [0.15, 0.2) is 0 Å². The van der Waals surface area contributed by atoms with Crippen molar-refractivity contribution in [2.24, 2.45) is 5.10 Å². The van der Waals surface area contributed by atoms with Crippen molar-refractivity contribution in [2.45, 2.75) is 13.8 Å². The van der Waals surface area contributed by atoms with E-state index < -0.39 is 5.91 Å². The van der Waals surface area contributed by atoms with E-state index in [1.165, 1.54) is 6.21 Å². The maximum atomic E-state index is 12.7. The molecule has 3 N–H and O–H groups in total. The van der Waals surface area contributed by atoms with Crippen LogP contribution in [-0.4, -0.2) is 36.2 Å². The van der Waals surface area contributed by atoms with Crippen LogP contribution in [0.3, 0.4) is 0 Å². The molecular weight excluding hydrogens is 440 g/mol. The van der Waals surface area contributed by atoms with Crippen LogP contribution in [0.4, 0.5) is 11.4 Å². The SMILES string of the molecule is CCN(CC)c1ccc(C=NNC(=O)c2ccccc2NC(=O)c2ccc(Cl)cc2)c(O)c1. The minimum atomic E-state index is -0.502. The fourth-order valence-electron chi connectivity index (χ4n) is 3.23. The molecular formula is C25H25ClN4O3. The first kappa shape index (κ1) is 23.8. The van der Waals surface area contributed by atoms with E-state index in [1.807, 2.05) is 19.9 Å². The maximum absolute atomic E-state index is 12.7. The number of nitrogens with one attached hydrogen (secondary N) is 2. The summed E-state index contributed by atoms with van der Waals surface area (Å²) in [7, 11) is 0. The van der Waals surface area contributed by atoms with Gasteiger partial charge in [0.2, 0.25) is 0 Å². The van der Waals surface area contributed by atoms with Gasteiger partial charge in [0.25, 0.3) is 11.8 Å². The summed E-state index contributed by atoms with van der Waals surface area (Å²) in [6.07, 6.45) is 1.37. The van der Waals surface area contributed by atoms with E-state index in [-0.39, 0.29) is 17.2 Å². The van der Waals surface area contributed by atoms with E-state index >= 15 is 0 Å². The molecule has 0 heterocycles. The van der Waals surface area contributed by atoms with Crippen molar-refractivity contribution in [3.05, 3.63) is 88.4 Å². The van der Waals surface area contributed by atoms with Crippen molar-refractivity contribution in [3.8, 4) is 5.75 Å². The van der Waals surface area contributed by atoms with Crippen molar-refractivity contribution in [3.63, 3.8) is 0 Å². The predicted octanol–water partition coefficient (Wildman–Crippen LogP) is 4.91. The number of amides is 2. The normalized spacial score (nSPS) is 10.8. The zero-order valence-electron chi connectivity index (χ0n) is 18.4. The number of para-hydroxylation sites is 1. The predicted molar refractivity (Wildman–Crippen MR) is 133 cm³/mol. The largest absolute Gasteiger partial charge is 0.507 e. The average molecular weight is 465 g/mol. The van der Waals surface area contributed by atoms with Crippen molar-refractivity contribution in [2.75, 3.05) is 23.3 Å². The zero-order valence-corrected chi connectivity index (χ0v) is 19.1. The summed E-state index contributed by atoms with van der Waals surface area (Å²) in [6.45, 7) is 5.74. The number of phenolic OH excluding ortho intramolecular Hbond substituents is 1. The Kier molecular flexibility index (Phi) is 8.05. The molecule has 0 saturated heterocycles. The number of hydrazone groups is 1. The van der Waals surface area contributed by atoms with Crippen LogP contribution >= 0.6 is 11.6 Å². The first-order valence-corrected chi connectivity index (χ1v) is 10.9. The van der Waals surface area contributed by atoms with Crippen molar-refractivity contribution in [1.29, 1.82) is 0 Å². The zero-order chi connectivity index (χ0) is 23.8.